The molecule has 0 aliphatic carbocycles. The third kappa shape index (κ3) is 3.24. The van der Waals surface area contributed by atoms with E-state index in [1.165, 1.54) is 26.0 Å². The van der Waals surface area contributed by atoms with Crippen molar-refractivity contribution in [2.75, 3.05) is 0 Å². The lowest BCUT2D eigenvalue weighted by atomic mass is 10.2. The second-order valence-electron chi connectivity index (χ2n) is 3.59. The first kappa shape index (κ1) is 13.6. The molecule has 5 nitrogen and oxygen atoms in total. The molecule has 0 aromatic heterocycles. The van der Waals surface area contributed by atoms with Gasteiger partial charge in [-0.25, -0.2) is 12.8 Å². The van der Waals surface area contributed by atoms with Gasteiger partial charge < -0.3 is 5.11 Å². The Bertz CT molecular complexity index is 541. The molecule has 0 radical (unpaired) electrons. The summed E-state index contributed by atoms with van der Waals surface area (Å²) in [4.78, 5) is 10.2. The summed E-state index contributed by atoms with van der Waals surface area (Å²) in [6.45, 7) is 2.68. The summed E-state index contributed by atoms with van der Waals surface area (Å²) < 4.78 is 38.5. The van der Waals surface area contributed by atoms with Crippen LogP contribution in [0.2, 0.25) is 0 Å². The molecule has 1 rings (SSSR count). The number of halogens is 1. The number of carboxylic acids is 1. The summed E-state index contributed by atoms with van der Waals surface area (Å²) >= 11 is 0. The Balaban J connectivity index is 3.05. The molecule has 0 unspecified atom stereocenters. The van der Waals surface area contributed by atoms with Crippen LogP contribution in [-0.2, 0) is 14.8 Å². The second-order valence-corrected chi connectivity index (χ2v) is 5.31. The fourth-order valence-corrected chi connectivity index (χ4v) is 2.30. The van der Waals surface area contributed by atoms with Crippen LogP contribution < -0.4 is 4.72 Å². The number of nitrogens with one attached hydrogen (secondary N) is 1. The number of sulfonamides is 1. The molecule has 0 spiro atoms. The number of aliphatic carboxylic acids is 1. The van der Waals surface area contributed by atoms with E-state index in [1.54, 1.807) is 0 Å². The van der Waals surface area contributed by atoms with Gasteiger partial charge in [-0.1, -0.05) is 6.07 Å². The van der Waals surface area contributed by atoms with Crippen LogP contribution in [0.3, 0.4) is 0 Å². The average Bonchev–Trinajstić information content (AvgIpc) is 2.21. The minimum absolute atomic E-state index is 0.297. The van der Waals surface area contributed by atoms with Gasteiger partial charge in [0.15, 0.2) is 0 Å². The highest BCUT2D eigenvalue weighted by molar-refractivity contribution is 7.89. The van der Waals surface area contributed by atoms with Gasteiger partial charge in [0.2, 0.25) is 10.0 Å². The van der Waals surface area contributed by atoms with Crippen LogP contribution in [0, 0.1) is 12.7 Å². The first-order valence-electron chi connectivity index (χ1n) is 4.75. The number of benzene rings is 1. The number of rotatable bonds is 4. The molecule has 0 bridgehead atoms. The van der Waals surface area contributed by atoms with Crippen molar-refractivity contribution in [3.8, 4) is 0 Å². The lowest BCUT2D eigenvalue weighted by Gasteiger charge is -2.10. The Hall–Kier alpha value is -1.47. The van der Waals surface area contributed by atoms with Gasteiger partial charge in [0.1, 0.15) is 11.9 Å². The Morgan fingerprint density at radius 2 is 2.06 bits per heavy atom. The predicted octanol–water partition coefficient (Wildman–Crippen LogP) is 0.886. The molecule has 1 aromatic rings. The number of hydrogen-bond acceptors (Lipinski definition) is 3. The standard InChI is InChI=1S/C10H12FNO4S/c1-6-3-4-8(5-9(6)11)17(15,16)12-7(2)10(13)14/h3-5,7,12H,1-2H3,(H,13,14)/t7-/m0/s1. The van der Waals surface area contributed by atoms with Crippen molar-refractivity contribution in [3.05, 3.63) is 29.6 Å². The van der Waals surface area contributed by atoms with Gasteiger partial charge in [-0.05, 0) is 31.5 Å². The number of aryl methyl sites for hydroxylation is 1. The molecule has 17 heavy (non-hydrogen) atoms. The zero-order valence-electron chi connectivity index (χ0n) is 9.27. The van der Waals surface area contributed by atoms with E-state index in [0.717, 1.165) is 6.07 Å². The Kier molecular flexibility index (Phi) is 3.84. The lowest BCUT2D eigenvalue weighted by Crippen LogP contribution is -2.38. The van der Waals surface area contributed by atoms with Crippen molar-refractivity contribution < 1.29 is 22.7 Å². The first-order valence-corrected chi connectivity index (χ1v) is 6.23. The van der Waals surface area contributed by atoms with Gasteiger partial charge in [0, 0.05) is 0 Å². The van der Waals surface area contributed by atoms with Gasteiger partial charge in [-0.15, -0.1) is 0 Å². The molecule has 0 amide bonds. The highest BCUT2D eigenvalue weighted by atomic mass is 32.2. The molecule has 0 fully saturated rings. The third-order valence-electron chi connectivity index (χ3n) is 2.16. The quantitative estimate of drug-likeness (QED) is 0.843. The van der Waals surface area contributed by atoms with Gasteiger partial charge in [-0.3, -0.25) is 4.79 Å². The fourth-order valence-electron chi connectivity index (χ4n) is 1.09. The van der Waals surface area contributed by atoms with Crippen LogP contribution in [0.4, 0.5) is 4.39 Å². The lowest BCUT2D eigenvalue weighted by molar-refractivity contribution is -0.138. The van der Waals surface area contributed by atoms with E-state index < -0.39 is 27.9 Å². The molecule has 7 heteroatoms. The smallest absolute Gasteiger partial charge is 0.321 e. The van der Waals surface area contributed by atoms with Crippen LogP contribution in [0.15, 0.2) is 23.1 Å². The summed E-state index contributed by atoms with van der Waals surface area (Å²) in [5, 5.41) is 8.59. The first-order chi connectivity index (χ1) is 7.74. The highest BCUT2D eigenvalue weighted by Crippen LogP contribution is 2.14. The van der Waals surface area contributed by atoms with E-state index in [0.29, 0.717) is 5.56 Å². The van der Waals surface area contributed by atoms with Crippen LogP contribution in [-0.4, -0.2) is 25.5 Å². The van der Waals surface area contributed by atoms with Crippen LogP contribution in [0.1, 0.15) is 12.5 Å². The van der Waals surface area contributed by atoms with Gasteiger partial charge in [0.05, 0.1) is 4.90 Å². The van der Waals surface area contributed by atoms with E-state index in [2.05, 4.69) is 0 Å². The van der Waals surface area contributed by atoms with Crippen molar-refractivity contribution in [2.24, 2.45) is 0 Å². The zero-order chi connectivity index (χ0) is 13.2. The average molecular weight is 261 g/mol. The topological polar surface area (TPSA) is 83.5 Å². The third-order valence-corrected chi connectivity index (χ3v) is 3.69. The SMILES string of the molecule is Cc1ccc(S(=O)(=O)N[C@@H](C)C(=O)O)cc1F. The van der Waals surface area contributed by atoms with Crippen molar-refractivity contribution in [2.45, 2.75) is 24.8 Å². The van der Waals surface area contributed by atoms with Crippen LogP contribution in [0.5, 0.6) is 0 Å². The number of carbonyl (C=O) groups is 1. The molecule has 1 atom stereocenters. The fraction of sp³-hybridized carbons (Fsp3) is 0.300. The van der Waals surface area contributed by atoms with Gasteiger partial charge >= 0.3 is 5.97 Å². The highest BCUT2D eigenvalue weighted by Gasteiger charge is 2.21. The number of carboxylic acid groups (broad SMARTS) is 1. The molecule has 2 N–H and O–H groups in total. The summed E-state index contributed by atoms with van der Waals surface area (Å²) in [6.07, 6.45) is 0. The molecule has 0 heterocycles. The van der Waals surface area contributed by atoms with Gasteiger partial charge in [-0.2, -0.15) is 4.72 Å². The van der Waals surface area contributed by atoms with E-state index in [4.69, 9.17) is 5.11 Å². The van der Waals surface area contributed by atoms with E-state index >= 15 is 0 Å². The maximum Gasteiger partial charge on any atom is 0.321 e. The largest absolute Gasteiger partial charge is 0.480 e. The van der Waals surface area contributed by atoms with Crippen LogP contribution >= 0.6 is 0 Å². The molecule has 1 aromatic carbocycles. The van der Waals surface area contributed by atoms with Crippen molar-refractivity contribution in [1.82, 2.24) is 4.72 Å². The van der Waals surface area contributed by atoms with Crippen molar-refractivity contribution >= 4 is 16.0 Å². The van der Waals surface area contributed by atoms with E-state index in [9.17, 15) is 17.6 Å². The minimum atomic E-state index is -4.01. The summed E-state index contributed by atoms with van der Waals surface area (Å²) in [5.74, 6) is -1.96. The zero-order valence-corrected chi connectivity index (χ0v) is 10.1. The Labute approximate surface area is 98.3 Å². The molecular weight excluding hydrogens is 249 g/mol. The molecule has 0 saturated carbocycles. The van der Waals surface area contributed by atoms with Crippen molar-refractivity contribution in [1.29, 1.82) is 0 Å². The number of hydrogen-bond donors (Lipinski definition) is 2. The van der Waals surface area contributed by atoms with E-state index in [-0.39, 0.29) is 4.90 Å². The summed E-state index contributed by atoms with van der Waals surface area (Å²) in [5.41, 5.74) is 0.315. The van der Waals surface area contributed by atoms with Crippen molar-refractivity contribution in [3.63, 3.8) is 0 Å². The second kappa shape index (κ2) is 4.80. The molecular formula is C10H12FNO4S. The summed E-state index contributed by atoms with van der Waals surface area (Å²) in [6, 6.07) is 2.11. The van der Waals surface area contributed by atoms with Crippen LogP contribution in [0.25, 0.3) is 0 Å². The minimum Gasteiger partial charge on any atom is -0.480 e. The summed E-state index contributed by atoms with van der Waals surface area (Å²) in [7, 11) is -4.01. The molecule has 0 aliphatic rings. The Morgan fingerprint density at radius 3 is 2.53 bits per heavy atom. The molecule has 0 aliphatic heterocycles. The molecule has 0 saturated heterocycles. The predicted molar refractivity (Wildman–Crippen MR) is 58.6 cm³/mol. The Morgan fingerprint density at radius 1 is 1.47 bits per heavy atom. The monoisotopic (exact) mass is 261 g/mol. The molecule has 94 valence electrons. The van der Waals surface area contributed by atoms with Gasteiger partial charge in [0.25, 0.3) is 0 Å². The maximum atomic E-state index is 13.2. The van der Waals surface area contributed by atoms with E-state index in [1.807, 2.05) is 4.72 Å². The normalized spacial score (nSPS) is 13.4. The maximum absolute atomic E-state index is 13.2.